The van der Waals surface area contributed by atoms with E-state index in [-0.39, 0.29) is 29.7 Å². The molecular weight excluding hydrogens is 468 g/mol. The van der Waals surface area contributed by atoms with E-state index in [1.165, 1.54) is 6.07 Å². The van der Waals surface area contributed by atoms with Gasteiger partial charge in [0, 0.05) is 38.1 Å². The average molecular weight is 504 g/mol. The number of carbonyl (C=O) groups excluding carboxylic acids is 1. The van der Waals surface area contributed by atoms with Gasteiger partial charge in [-0.25, -0.2) is 23.5 Å². The van der Waals surface area contributed by atoms with Crippen molar-refractivity contribution in [3.8, 4) is 5.75 Å². The van der Waals surface area contributed by atoms with Crippen LogP contribution in [0, 0.1) is 17.6 Å². The van der Waals surface area contributed by atoms with Crippen LogP contribution >= 0.6 is 0 Å². The molecule has 196 valence electrons. The minimum Gasteiger partial charge on any atom is -0.487 e. The molecule has 2 aromatic rings. The largest absolute Gasteiger partial charge is 0.487 e. The van der Waals surface area contributed by atoms with Crippen LogP contribution in [0.5, 0.6) is 5.75 Å². The Morgan fingerprint density at radius 2 is 1.92 bits per heavy atom. The van der Waals surface area contributed by atoms with Crippen molar-refractivity contribution >= 4 is 12.0 Å². The van der Waals surface area contributed by atoms with Gasteiger partial charge in [-0.1, -0.05) is 13.3 Å². The third-order valence-corrected chi connectivity index (χ3v) is 7.13. The van der Waals surface area contributed by atoms with Crippen LogP contribution in [0.4, 0.5) is 19.5 Å². The van der Waals surface area contributed by atoms with Crippen LogP contribution in [-0.2, 0) is 4.74 Å². The van der Waals surface area contributed by atoms with Crippen LogP contribution in [-0.4, -0.2) is 65.9 Å². The minimum atomic E-state index is -0.485. The molecule has 1 aromatic carbocycles. The number of benzene rings is 1. The van der Waals surface area contributed by atoms with Crippen molar-refractivity contribution in [1.82, 2.24) is 14.9 Å². The molecule has 2 fully saturated rings. The number of unbranched alkanes of at least 4 members (excludes halogenated alkanes) is 1. The molecule has 0 spiro atoms. The van der Waals surface area contributed by atoms with E-state index in [1.54, 1.807) is 17.3 Å². The molecule has 0 radical (unpaired) electrons. The van der Waals surface area contributed by atoms with Gasteiger partial charge in [-0.15, -0.1) is 0 Å². The monoisotopic (exact) mass is 503 g/mol. The van der Waals surface area contributed by atoms with Gasteiger partial charge in [0.15, 0.2) is 5.75 Å². The number of carbonyl (C=O) groups is 1. The zero-order chi connectivity index (χ0) is 25.7. The molecule has 0 saturated carbocycles. The van der Waals surface area contributed by atoms with Gasteiger partial charge in [-0.2, -0.15) is 0 Å². The highest BCUT2D eigenvalue weighted by Gasteiger charge is 2.34. The lowest BCUT2D eigenvalue weighted by Gasteiger charge is -2.34. The highest BCUT2D eigenvalue weighted by Crippen LogP contribution is 2.31. The Kier molecular flexibility index (Phi) is 8.56. The van der Waals surface area contributed by atoms with Crippen LogP contribution in [0.1, 0.15) is 51.0 Å². The van der Waals surface area contributed by atoms with Crippen molar-refractivity contribution < 1.29 is 23.0 Å². The molecule has 1 amide bonds. The highest BCUT2D eigenvalue weighted by atomic mass is 19.1. The van der Waals surface area contributed by atoms with Crippen LogP contribution < -0.4 is 15.4 Å². The zero-order valence-electron chi connectivity index (χ0n) is 20.9. The standard InChI is InChI=1S/C26H35F2N5O3/c1-3-4-11-35-26(34)32-9-7-18(8-10-32)17(2)36-20-13-30-25(31-14-20)33-15-22(24(29)16-33)21-12-19(27)5-6-23(21)28/h5-6,12-14,17-18,22,24H,3-4,7-11,15-16,29H2,1-2H3. The molecule has 36 heavy (non-hydrogen) atoms. The van der Waals surface area contributed by atoms with E-state index in [4.69, 9.17) is 15.2 Å². The van der Waals surface area contributed by atoms with Crippen molar-refractivity contribution in [1.29, 1.82) is 0 Å². The van der Waals surface area contributed by atoms with Crippen LogP contribution in [0.3, 0.4) is 0 Å². The molecule has 3 unspecified atom stereocenters. The quantitative estimate of drug-likeness (QED) is 0.542. The number of piperidine rings is 1. The number of nitrogens with two attached hydrogens (primary N) is 1. The summed E-state index contributed by atoms with van der Waals surface area (Å²) in [6.45, 7) is 6.70. The number of hydrogen-bond donors (Lipinski definition) is 1. The number of aromatic nitrogens is 2. The van der Waals surface area contributed by atoms with E-state index >= 15 is 0 Å². The predicted octanol–water partition coefficient (Wildman–Crippen LogP) is 4.10. The maximum Gasteiger partial charge on any atom is 0.409 e. The summed E-state index contributed by atoms with van der Waals surface area (Å²) in [5, 5.41) is 0. The summed E-state index contributed by atoms with van der Waals surface area (Å²) in [7, 11) is 0. The molecule has 2 saturated heterocycles. The number of nitrogens with zero attached hydrogens (tertiary/aromatic N) is 4. The molecule has 10 heteroatoms. The first-order chi connectivity index (χ1) is 17.4. The average Bonchev–Trinajstić information content (AvgIpc) is 3.27. The minimum absolute atomic E-state index is 0.0572. The number of hydrogen-bond acceptors (Lipinski definition) is 7. The maximum atomic E-state index is 14.3. The third-order valence-electron chi connectivity index (χ3n) is 7.13. The van der Waals surface area contributed by atoms with Gasteiger partial charge in [0.25, 0.3) is 0 Å². The fourth-order valence-electron chi connectivity index (χ4n) is 4.91. The molecule has 3 heterocycles. The van der Waals surface area contributed by atoms with Gasteiger partial charge in [0.05, 0.1) is 25.1 Å². The highest BCUT2D eigenvalue weighted by molar-refractivity contribution is 5.67. The molecule has 1 aromatic heterocycles. The SMILES string of the molecule is CCCCOC(=O)N1CCC(C(C)Oc2cnc(N3CC(N)C(c4cc(F)ccc4F)C3)nc2)CC1. The molecular formula is C26H35F2N5O3. The second-order valence-electron chi connectivity index (χ2n) is 9.68. The van der Waals surface area contributed by atoms with Crippen LogP contribution in [0.2, 0.25) is 0 Å². The Labute approximate surface area is 210 Å². The second kappa shape index (κ2) is 11.8. The van der Waals surface area contributed by atoms with E-state index in [0.717, 1.165) is 37.8 Å². The Morgan fingerprint density at radius 1 is 1.19 bits per heavy atom. The van der Waals surface area contributed by atoms with Crippen molar-refractivity contribution in [3.05, 3.63) is 47.8 Å². The van der Waals surface area contributed by atoms with E-state index in [9.17, 15) is 13.6 Å². The summed E-state index contributed by atoms with van der Waals surface area (Å²) in [6, 6.07) is 3.08. The molecule has 0 aliphatic carbocycles. The number of likely N-dealkylation sites (tertiary alicyclic amines) is 1. The Hall–Kier alpha value is -3.01. The topological polar surface area (TPSA) is 93.8 Å². The Bertz CT molecular complexity index is 1020. The summed E-state index contributed by atoms with van der Waals surface area (Å²) in [5.41, 5.74) is 6.53. The molecule has 0 bridgehead atoms. The number of rotatable bonds is 8. The maximum absolute atomic E-state index is 14.3. The number of anilines is 1. The second-order valence-corrected chi connectivity index (χ2v) is 9.68. The summed E-state index contributed by atoms with van der Waals surface area (Å²) >= 11 is 0. The predicted molar refractivity (Wildman–Crippen MR) is 132 cm³/mol. The third kappa shape index (κ3) is 6.21. The molecule has 4 rings (SSSR count). The molecule has 2 aliphatic heterocycles. The summed E-state index contributed by atoms with van der Waals surface area (Å²) in [6.07, 6.45) is 6.52. The number of amides is 1. The number of halogens is 2. The van der Waals surface area contributed by atoms with E-state index in [2.05, 4.69) is 16.9 Å². The first-order valence-electron chi connectivity index (χ1n) is 12.7. The molecule has 2 aliphatic rings. The lowest BCUT2D eigenvalue weighted by Crippen LogP contribution is -2.42. The summed E-state index contributed by atoms with van der Waals surface area (Å²) < 4.78 is 39.3. The van der Waals surface area contributed by atoms with Gasteiger partial charge in [0.2, 0.25) is 5.95 Å². The number of ether oxygens (including phenoxy) is 2. The van der Waals surface area contributed by atoms with Gasteiger partial charge in [-0.05, 0) is 55.9 Å². The lowest BCUT2D eigenvalue weighted by molar-refractivity contribution is 0.0630. The van der Waals surface area contributed by atoms with Gasteiger partial charge >= 0.3 is 6.09 Å². The summed E-state index contributed by atoms with van der Waals surface area (Å²) in [4.78, 5) is 24.6. The van der Waals surface area contributed by atoms with E-state index < -0.39 is 11.6 Å². The Morgan fingerprint density at radius 3 is 2.61 bits per heavy atom. The van der Waals surface area contributed by atoms with Crippen LogP contribution in [0.15, 0.2) is 30.6 Å². The van der Waals surface area contributed by atoms with Crippen molar-refractivity contribution in [2.24, 2.45) is 11.7 Å². The van der Waals surface area contributed by atoms with Crippen molar-refractivity contribution in [2.75, 3.05) is 37.7 Å². The normalized spacial score (nSPS) is 21.5. The first kappa shape index (κ1) is 26.1. The van der Waals surface area contributed by atoms with Gasteiger partial charge in [-0.3, -0.25) is 0 Å². The fourth-order valence-corrected chi connectivity index (χ4v) is 4.91. The van der Waals surface area contributed by atoms with Gasteiger partial charge in [0.1, 0.15) is 11.6 Å². The zero-order valence-corrected chi connectivity index (χ0v) is 20.9. The lowest BCUT2D eigenvalue weighted by atomic mass is 9.92. The Balaban J connectivity index is 1.28. The van der Waals surface area contributed by atoms with Crippen molar-refractivity contribution in [2.45, 2.75) is 57.6 Å². The van der Waals surface area contributed by atoms with Crippen molar-refractivity contribution in [3.63, 3.8) is 0 Å². The van der Waals surface area contributed by atoms with E-state index in [1.807, 2.05) is 11.8 Å². The van der Waals surface area contributed by atoms with Crippen LogP contribution in [0.25, 0.3) is 0 Å². The van der Waals surface area contributed by atoms with Gasteiger partial charge < -0.3 is 25.0 Å². The van der Waals surface area contributed by atoms with E-state index in [0.29, 0.717) is 50.4 Å². The molecule has 3 atom stereocenters. The molecule has 2 N–H and O–H groups in total. The fraction of sp³-hybridized carbons (Fsp3) is 0.577. The summed E-state index contributed by atoms with van der Waals surface area (Å²) in [5.74, 6) is 0.0412. The first-order valence-corrected chi connectivity index (χ1v) is 12.7. The molecule has 8 nitrogen and oxygen atoms in total. The smallest absolute Gasteiger partial charge is 0.409 e.